The summed E-state index contributed by atoms with van der Waals surface area (Å²) in [6.07, 6.45) is 0.745. The summed E-state index contributed by atoms with van der Waals surface area (Å²) in [6, 6.07) is 17.6. The molecule has 0 heterocycles. The summed E-state index contributed by atoms with van der Waals surface area (Å²) in [5.41, 5.74) is 1.90. The van der Waals surface area contributed by atoms with E-state index in [1.54, 1.807) is 7.11 Å². The summed E-state index contributed by atoms with van der Waals surface area (Å²) in [7, 11) is 5.61. The maximum atomic E-state index is 12.9. The molecule has 3 nitrogen and oxygen atoms in total. The number of carbonyl (C=O) groups excluding carboxylic acids is 1. The fourth-order valence-corrected chi connectivity index (χ4v) is 2.59. The van der Waals surface area contributed by atoms with Crippen molar-refractivity contribution in [2.24, 2.45) is 5.92 Å². The minimum Gasteiger partial charge on any atom is -0.497 e. The van der Waals surface area contributed by atoms with E-state index in [1.807, 2.05) is 56.6 Å². The van der Waals surface area contributed by atoms with Crippen LogP contribution in [-0.4, -0.2) is 38.4 Å². The van der Waals surface area contributed by atoms with Crippen LogP contribution < -0.4 is 4.74 Å². The van der Waals surface area contributed by atoms with Gasteiger partial charge in [-0.25, -0.2) is 0 Å². The minimum absolute atomic E-state index is 0.0653. The first kappa shape index (κ1) is 16.2. The Balaban J connectivity index is 2.22. The van der Waals surface area contributed by atoms with Gasteiger partial charge < -0.3 is 9.64 Å². The number of hydrogen-bond donors (Lipinski definition) is 0. The topological polar surface area (TPSA) is 29.5 Å². The first-order valence-corrected chi connectivity index (χ1v) is 7.47. The number of benzene rings is 2. The monoisotopic (exact) mass is 297 g/mol. The number of nitrogens with zero attached hydrogens (tertiary/aromatic N) is 1. The van der Waals surface area contributed by atoms with E-state index in [9.17, 15) is 4.79 Å². The predicted molar refractivity (Wildman–Crippen MR) is 89.5 cm³/mol. The summed E-state index contributed by atoms with van der Waals surface area (Å²) in [6.45, 7) is 0.727. The average Bonchev–Trinajstić information content (AvgIpc) is 2.54. The summed E-state index contributed by atoms with van der Waals surface area (Å²) < 4.78 is 5.22. The minimum atomic E-state index is -0.0653. The van der Waals surface area contributed by atoms with Gasteiger partial charge in [-0.15, -0.1) is 0 Å². The van der Waals surface area contributed by atoms with Crippen LogP contribution in [0.2, 0.25) is 0 Å². The normalized spacial score (nSPS) is 12.2. The number of rotatable bonds is 7. The number of methoxy groups -OCH3 is 1. The Hall–Kier alpha value is -2.13. The first-order valence-electron chi connectivity index (χ1n) is 7.47. The molecule has 2 aromatic rings. The zero-order valence-corrected chi connectivity index (χ0v) is 13.5. The van der Waals surface area contributed by atoms with E-state index >= 15 is 0 Å². The number of hydrogen-bond acceptors (Lipinski definition) is 3. The molecule has 0 aliphatic heterocycles. The van der Waals surface area contributed by atoms with Gasteiger partial charge in [0.2, 0.25) is 0 Å². The maximum Gasteiger partial charge on any atom is 0.167 e. The lowest BCUT2D eigenvalue weighted by Crippen LogP contribution is -2.29. The summed E-state index contributed by atoms with van der Waals surface area (Å²) in [4.78, 5) is 14.9. The molecule has 2 aromatic carbocycles. The Morgan fingerprint density at radius 1 is 1.09 bits per heavy atom. The quantitative estimate of drug-likeness (QED) is 0.734. The molecule has 0 aromatic heterocycles. The fourth-order valence-electron chi connectivity index (χ4n) is 2.59. The molecule has 22 heavy (non-hydrogen) atoms. The van der Waals surface area contributed by atoms with E-state index in [2.05, 4.69) is 17.0 Å². The highest BCUT2D eigenvalue weighted by Crippen LogP contribution is 2.19. The lowest BCUT2D eigenvalue weighted by molar-refractivity contribution is 0.0896. The van der Waals surface area contributed by atoms with Gasteiger partial charge in [-0.3, -0.25) is 4.79 Å². The Morgan fingerprint density at radius 2 is 1.82 bits per heavy atom. The highest BCUT2D eigenvalue weighted by atomic mass is 16.5. The van der Waals surface area contributed by atoms with Crippen molar-refractivity contribution in [1.29, 1.82) is 0 Å². The van der Waals surface area contributed by atoms with Gasteiger partial charge in [-0.05, 0) is 38.2 Å². The van der Waals surface area contributed by atoms with Gasteiger partial charge >= 0.3 is 0 Å². The second kappa shape index (κ2) is 7.76. The van der Waals surface area contributed by atoms with Crippen LogP contribution in [0.5, 0.6) is 5.75 Å². The molecule has 0 spiro atoms. The van der Waals surface area contributed by atoms with Crippen LogP contribution in [0.4, 0.5) is 0 Å². The SMILES string of the molecule is COc1cccc(C(=O)[C@@H](Cc2ccccc2)CN(C)C)c1. The van der Waals surface area contributed by atoms with Crippen LogP contribution in [0.15, 0.2) is 54.6 Å². The van der Waals surface area contributed by atoms with Crippen molar-refractivity contribution < 1.29 is 9.53 Å². The summed E-state index contributed by atoms with van der Waals surface area (Å²) in [5, 5.41) is 0. The van der Waals surface area contributed by atoms with Crippen LogP contribution in [-0.2, 0) is 6.42 Å². The molecule has 2 rings (SSSR count). The van der Waals surface area contributed by atoms with E-state index in [1.165, 1.54) is 5.56 Å². The molecule has 0 saturated carbocycles. The van der Waals surface area contributed by atoms with Crippen molar-refractivity contribution >= 4 is 5.78 Å². The molecule has 1 atom stereocenters. The highest BCUT2D eigenvalue weighted by molar-refractivity contribution is 5.98. The first-order chi connectivity index (χ1) is 10.6. The Bertz CT molecular complexity index is 608. The second-order valence-electron chi connectivity index (χ2n) is 5.75. The Labute approximate surface area is 132 Å². The molecule has 0 unspecified atom stereocenters. The molecular weight excluding hydrogens is 274 g/mol. The number of carbonyl (C=O) groups is 1. The lowest BCUT2D eigenvalue weighted by atomic mass is 9.91. The van der Waals surface area contributed by atoms with Crippen molar-refractivity contribution in [1.82, 2.24) is 4.90 Å². The van der Waals surface area contributed by atoms with E-state index in [4.69, 9.17) is 4.74 Å². The Kier molecular flexibility index (Phi) is 5.73. The number of ether oxygens (including phenoxy) is 1. The number of ketones is 1. The standard InChI is InChI=1S/C19H23NO2/c1-20(2)14-17(12-15-8-5-4-6-9-15)19(21)16-10-7-11-18(13-16)22-3/h4-11,13,17H,12,14H2,1-3H3/t17-/m0/s1. The van der Waals surface area contributed by atoms with Gasteiger partial charge in [0.1, 0.15) is 5.75 Å². The van der Waals surface area contributed by atoms with Crippen molar-refractivity contribution in [3.05, 3.63) is 65.7 Å². The summed E-state index contributed by atoms with van der Waals surface area (Å²) in [5.74, 6) is 0.815. The lowest BCUT2D eigenvalue weighted by Gasteiger charge is -2.20. The van der Waals surface area contributed by atoms with Crippen LogP contribution in [0.3, 0.4) is 0 Å². The smallest absolute Gasteiger partial charge is 0.167 e. The van der Waals surface area contributed by atoms with Crippen LogP contribution in [0.1, 0.15) is 15.9 Å². The van der Waals surface area contributed by atoms with E-state index < -0.39 is 0 Å². The molecule has 0 aliphatic carbocycles. The molecule has 0 N–H and O–H groups in total. The largest absolute Gasteiger partial charge is 0.497 e. The van der Waals surface area contributed by atoms with E-state index in [0.717, 1.165) is 13.0 Å². The molecule has 3 heteroatoms. The zero-order chi connectivity index (χ0) is 15.9. The third-order valence-corrected chi connectivity index (χ3v) is 3.64. The molecule has 0 aliphatic rings. The third-order valence-electron chi connectivity index (χ3n) is 3.64. The van der Waals surface area contributed by atoms with E-state index in [-0.39, 0.29) is 11.7 Å². The molecule has 116 valence electrons. The average molecular weight is 297 g/mol. The van der Waals surface area contributed by atoms with E-state index in [0.29, 0.717) is 11.3 Å². The van der Waals surface area contributed by atoms with Gasteiger partial charge in [0.15, 0.2) is 5.78 Å². The van der Waals surface area contributed by atoms with Crippen LogP contribution >= 0.6 is 0 Å². The zero-order valence-electron chi connectivity index (χ0n) is 13.5. The van der Waals surface area contributed by atoms with Crippen LogP contribution in [0, 0.1) is 5.92 Å². The van der Waals surface area contributed by atoms with Gasteiger partial charge in [0.25, 0.3) is 0 Å². The molecule has 0 radical (unpaired) electrons. The Morgan fingerprint density at radius 3 is 2.45 bits per heavy atom. The van der Waals surface area contributed by atoms with Crippen molar-refractivity contribution in [3.8, 4) is 5.75 Å². The maximum absolute atomic E-state index is 12.9. The third kappa shape index (κ3) is 4.43. The highest BCUT2D eigenvalue weighted by Gasteiger charge is 2.21. The number of Topliss-reactive ketones (excluding diaryl/α,β-unsaturated/α-hetero) is 1. The molecule has 0 saturated heterocycles. The molecule has 0 fully saturated rings. The fraction of sp³-hybridized carbons (Fsp3) is 0.316. The van der Waals surface area contributed by atoms with Crippen LogP contribution in [0.25, 0.3) is 0 Å². The second-order valence-corrected chi connectivity index (χ2v) is 5.75. The van der Waals surface area contributed by atoms with Crippen molar-refractivity contribution in [2.45, 2.75) is 6.42 Å². The van der Waals surface area contributed by atoms with Crippen molar-refractivity contribution in [2.75, 3.05) is 27.7 Å². The van der Waals surface area contributed by atoms with Gasteiger partial charge in [0, 0.05) is 18.0 Å². The van der Waals surface area contributed by atoms with Crippen molar-refractivity contribution in [3.63, 3.8) is 0 Å². The molecule has 0 amide bonds. The van der Waals surface area contributed by atoms with Gasteiger partial charge in [0.05, 0.1) is 7.11 Å². The summed E-state index contributed by atoms with van der Waals surface area (Å²) >= 11 is 0. The molecule has 0 bridgehead atoms. The molecular formula is C19H23NO2. The van der Waals surface area contributed by atoms with Gasteiger partial charge in [-0.2, -0.15) is 0 Å². The predicted octanol–water partition coefficient (Wildman–Crippen LogP) is 3.30. The van der Waals surface area contributed by atoms with Gasteiger partial charge in [-0.1, -0.05) is 42.5 Å².